The first-order valence-corrected chi connectivity index (χ1v) is 8.38. The maximum Gasteiger partial charge on any atom is 0.0499 e. The van der Waals surface area contributed by atoms with E-state index in [4.69, 9.17) is 0 Å². The molecule has 0 amide bonds. The quantitative estimate of drug-likeness (QED) is 0.671. The minimum Gasteiger partial charge on any atom is -0.396 e. The number of aliphatic hydroxyl groups is 1. The van der Waals surface area contributed by atoms with Crippen LogP contribution >= 0.6 is 0 Å². The lowest BCUT2D eigenvalue weighted by Gasteiger charge is -2.43. The van der Waals surface area contributed by atoms with Crippen LogP contribution in [0.25, 0.3) is 0 Å². The van der Waals surface area contributed by atoms with Crippen molar-refractivity contribution in [3.8, 4) is 0 Å². The molecule has 114 valence electrons. The van der Waals surface area contributed by atoms with Gasteiger partial charge in [-0.05, 0) is 45.6 Å². The van der Waals surface area contributed by atoms with Gasteiger partial charge in [-0.15, -0.1) is 0 Å². The molecule has 0 radical (unpaired) electrons. The van der Waals surface area contributed by atoms with E-state index >= 15 is 0 Å². The second kappa shape index (κ2) is 8.26. The molecule has 1 N–H and O–H groups in total. The van der Waals surface area contributed by atoms with Crippen LogP contribution in [0.3, 0.4) is 0 Å². The van der Waals surface area contributed by atoms with Crippen LogP contribution in [0, 0.1) is 11.3 Å². The molecular formula is C17H35NO. The number of hydrogen-bond donors (Lipinski definition) is 1. The lowest BCUT2D eigenvalue weighted by molar-refractivity contribution is 0.0144. The number of aliphatic hydroxyl groups excluding tert-OH is 1. The van der Waals surface area contributed by atoms with E-state index in [1.54, 1.807) is 0 Å². The molecule has 1 rings (SSSR count). The number of rotatable bonds is 8. The van der Waals surface area contributed by atoms with Gasteiger partial charge in [0, 0.05) is 24.6 Å². The Hall–Kier alpha value is -0.0800. The Morgan fingerprint density at radius 1 is 1.32 bits per heavy atom. The first kappa shape index (κ1) is 17.0. The molecular weight excluding hydrogens is 234 g/mol. The molecule has 1 aliphatic rings. The Bertz CT molecular complexity index is 241. The van der Waals surface area contributed by atoms with Crippen molar-refractivity contribution >= 4 is 0 Å². The first-order valence-electron chi connectivity index (χ1n) is 8.38. The van der Waals surface area contributed by atoms with E-state index in [-0.39, 0.29) is 5.41 Å². The Kier molecular flexibility index (Phi) is 7.38. The maximum absolute atomic E-state index is 9.93. The normalized spacial score (nSPS) is 28.3. The minimum absolute atomic E-state index is 0.175. The molecule has 19 heavy (non-hydrogen) atoms. The molecule has 2 nitrogen and oxygen atoms in total. The summed E-state index contributed by atoms with van der Waals surface area (Å²) in [4.78, 5) is 2.60. The van der Waals surface area contributed by atoms with Crippen molar-refractivity contribution in [1.82, 2.24) is 4.90 Å². The molecule has 0 spiro atoms. The Morgan fingerprint density at radius 3 is 2.58 bits per heavy atom. The summed E-state index contributed by atoms with van der Waals surface area (Å²) in [6, 6.07) is 0.595. The number of hydrogen-bond acceptors (Lipinski definition) is 2. The minimum atomic E-state index is 0.175. The standard InChI is InChI=1S/C17H35NO/c1-5-6-7-11-18(15(2)3)13-17(14-19)10-8-9-16(4)12-17/h15-16,19H,5-14H2,1-4H3. The molecule has 2 heteroatoms. The average molecular weight is 269 g/mol. The molecule has 1 saturated carbocycles. The fourth-order valence-electron chi connectivity index (χ4n) is 3.62. The fraction of sp³-hybridized carbons (Fsp3) is 1.00. The van der Waals surface area contributed by atoms with Gasteiger partial charge in [0.1, 0.15) is 0 Å². The molecule has 0 bridgehead atoms. The topological polar surface area (TPSA) is 23.5 Å². The van der Waals surface area contributed by atoms with Gasteiger partial charge >= 0.3 is 0 Å². The largest absolute Gasteiger partial charge is 0.396 e. The van der Waals surface area contributed by atoms with Crippen molar-refractivity contribution in [3.63, 3.8) is 0 Å². The highest BCUT2D eigenvalue weighted by atomic mass is 16.3. The Labute approximate surface area is 120 Å². The van der Waals surface area contributed by atoms with Crippen molar-refractivity contribution < 1.29 is 5.11 Å². The molecule has 0 aromatic heterocycles. The molecule has 1 fully saturated rings. The van der Waals surface area contributed by atoms with Gasteiger partial charge in [-0.3, -0.25) is 0 Å². The van der Waals surface area contributed by atoms with Crippen LogP contribution in [0.2, 0.25) is 0 Å². The van der Waals surface area contributed by atoms with Crippen LogP contribution in [-0.2, 0) is 0 Å². The predicted octanol–water partition coefficient (Wildman–Crippen LogP) is 4.08. The van der Waals surface area contributed by atoms with Crippen molar-refractivity contribution in [2.24, 2.45) is 11.3 Å². The average Bonchev–Trinajstić information content (AvgIpc) is 2.37. The zero-order valence-corrected chi connectivity index (χ0v) is 13.6. The fourth-order valence-corrected chi connectivity index (χ4v) is 3.62. The van der Waals surface area contributed by atoms with Crippen LogP contribution in [0.5, 0.6) is 0 Å². The third-order valence-electron chi connectivity index (χ3n) is 4.84. The Morgan fingerprint density at radius 2 is 2.05 bits per heavy atom. The molecule has 2 unspecified atom stereocenters. The number of unbranched alkanes of at least 4 members (excludes halogenated alkanes) is 2. The Balaban J connectivity index is 2.58. The molecule has 0 aromatic carbocycles. The van der Waals surface area contributed by atoms with E-state index in [0.29, 0.717) is 12.6 Å². The molecule has 1 aliphatic carbocycles. The van der Waals surface area contributed by atoms with Crippen molar-refractivity contribution in [1.29, 1.82) is 0 Å². The second-order valence-electron chi connectivity index (χ2n) is 7.13. The summed E-state index contributed by atoms with van der Waals surface area (Å²) in [7, 11) is 0. The molecule has 2 atom stereocenters. The zero-order chi connectivity index (χ0) is 14.3. The van der Waals surface area contributed by atoms with Crippen LogP contribution in [0.1, 0.15) is 72.6 Å². The molecule has 0 saturated heterocycles. The molecule has 0 aliphatic heterocycles. The van der Waals surface area contributed by atoms with E-state index in [2.05, 4.69) is 32.6 Å². The highest BCUT2D eigenvalue weighted by Gasteiger charge is 2.36. The van der Waals surface area contributed by atoms with E-state index in [9.17, 15) is 5.11 Å². The lowest BCUT2D eigenvalue weighted by atomic mass is 9.70. The summed E-state index contributed by atoms with van der Waals surface area (Å²) in [5.41, 5.74) is 0.175. The van der Waals surface area contributed by atoms with Crippen molar-refractivity contribution in [2.75, 3.05) is 19.7 Å². The van der Waals surface area contributed by atoms with Crippen molar-refractivity contribution in [2.45, 2.75) is 78.7 Å². The van der Waals surface area contributed by atoms with Gasteiger partial charge in [0.05, 0.1) is 0 Å². The highest BCUT2D eigenvalue weighted by Crippen LogP contribution is 2.40. The third-order valence-corrected chi connectivity index (χ3v) is 4.84. The van der Waals surface area contributed by atoms with Crippen LogP contribution in [-0.4, -0.2) is 35.7 Å². The maximum atomic E-state index is 9.93. The van der Waals surface area contributed by atoms with Gasteiger partial charge in [0.15, 0.2) is 0 Å². The predicted molar refractivity (Wildman–Crippen MR) is 83.4 cm³/mol. The third kappa shape index (κ3) is 5.43. The summed E-state index contributed by atoms with van der Waals surface area (Å²) in [5.74, 6) is 0.783. The van der Waals surface area contributed by atoms with Gasteiger partial charge in [0.25, 0.3) is 0 Å². The van der Waals surface area contributed by atoms with Gasteiger partial charge < -0.3 is 10.0 Å². The second-order valence-corrected chi connectivity index (χ2v) is 7.13. The summed E-state index contributed by atoms with van der Waals surface area (Å²) < 4.78 is 0. The summed E-state index contributed by atoms with van der Waals surface area (Å²) in [6.45, 7) is 11.9. The highest BCUT2D eigenvalue weighted by molar-refractivity contribution is 4.88. The smallest absolute Gasteiger partial charge is 0.0499 e. The summed E-state index contributed by atoms with van der Waals surface area (Å²) in [5, 5.41) is 9.93. The van der Waals surface area contributed by atoms with E-state index in [1.807, 2.05) is 0 Å². The van der Waals surface area contributed by atoms with Crippen LogP contribution < -0.4 is 0 Å². The summed E-state index contributed by atoms with van der Waals surface area (Å²) >= 11 is 0. The summed E-state index contributed by atoms with van der Waals surface area (Å²) in [6.07, 6.45) is 8.97. The molecule has 0 heterocycles. The monoisotopic (exact) mass is 269 g/mol. The zero-order valence-electron chi connectivity index (χ0n) is 13.6. The van der Waals surface area contributed by atoms with E-state index in [1.165, 1.54) is 51.5 Å². The SMILES string of the molecule is CCCCCN(CC1(CO)CCCC(C)C1)C(C)C. The van der Waals surface area contributed by atoms with Crippen molar-refractivity contribution in [3.05, 3.63) is 0 Å². The van der Waals surface area contributed by atoms with Gasteiger partial charge in [-0.25, -0.2) is 0 Å². The van der Waals surface area contributed by atoms with Crippen LogP contribution in [0.4, 0.5) is 0 Å². The number of nitrogens with zero attached hydrogens (tertiary/aromatic N) is 1. The lowest BCUT2D eigenvalue weighted by Crippen LogP contribution is -2.46. The van der Waals surface area contributed by atoms with E-state index in [0.717, 1.165) is 12.5 Å². The molecule has 0 aromatic rings. The van der Waals surface area contributed by atoms with Crippen LogP contribution in [0.15, 0.2) is 0 Å². The van der Waals surface area contributed by atoms with Gasteiger partial charge in [0.2, 0.25) is 0 Å². The van der Waals surface area contributed by atoms with Gasteiger partial charge in [-0.1, -0.05) is 39.5 Å². The first-order chi connectivity index (χ1) is 9.03. The van der Waals surface area contributed by atoms with E-state index < -0.39 is 0 Å². The van der Waals surface area contributed by atoms with Gasteiger partial charge in [-0.2, -0.15) is 0 Å².